The molecular formula is C22H26FN3O2. The van der Waals surface area contributed by atoms with Crippen molar-refractivity contribution in [2.45, 2.75) is 26.8 Å². The first-order chi connectivity index (χ1) is 13.5. The van der Waals surface area contributed by atoms with E-state index in [1.807, 2.05) is 36.7 Å². The second-order valence-electron chi connectivity index (χ2n) is 6.65. The van der Waals surface area contributed by atoms with E-state index in [1.54, 1.807) is 26.4 Å². The third kappa shape index (κ3) is 4.34. The first-order valence-electron chi connectivity index (χ1n) is 9.26. The van der Waals surface area contributed by atoms with Crippen LogP contribution in [0.3, 0.4) is 0 Å². The molecule has 1 N–H and O–H groups in total. The highest BCUT2D eigenvalue weighted by Gasteiger charge is 2.12. The molecule has 1 aromatic heterocycles. The van der Waals surface area contributed by atoms with Crippen molar-refractivity contribution in [1.29, 1.82) is 0 Å². The van der Waals surface area contributed by atoms with Gasteiger partial charge in [0.05, 0.1) is 25.6 Å². The number of hydrogen-bond donors (Lipinski definition) is 1. The Kier molecular flexibility index (Phi) is 6.31. The van der Waals surface area contributed by atoms with Crippen molar-refractivity contribution in [1.82, 2.24) is 15.1 Å². The molecule has 0 fully saturated rings. The number of aryl methyl sites for hydroxylation is 1. The van der Waals surface area contributed by atoms with E-state index in [4.69, 9.17) is 9.47 Å². The van der Waals surface area contributed by atoms with Crippen LogP contribution >= 0.6 is 0 Å². The minimum absolute atomic E-state index is 0.248. The van der Waals surface area contributed by atoms with E-state index in [2.05, 4.69) is 10.4 Å². The Balaban J connectivity index is 1.62. The topological polar surface area (TPSA) is 48.3 Å². The van der Waals surface area contributed by atoms with Crippen LogP contribution in [-0.2, 0) is 13.0 Å². The van der Waals surface area contributed by atoms with Crippen molar-refractivity contribution in [3.8, 4) is 17.2 Å². The fourth-order valence-electron chi connectivity index (χ4n) is 3.25. The summed E-state index contributed by atoms with van der Waals surface area (Å²) >= 11 is 0. The highest BCUT2D eigenvalue weighted by Crippen LogP contribution is 2.27. The Morgan fingerprint density at radius 2 is 1.71 bits per heavy atom. The quantitative estimate of drug-likeness (QED) is 0.598. The fourth-order valence-corrected chi connectivity index (χ4v) is 3.25. The highest BCUT2D eigenvalue weighted by molar-refractivity contribution is 5.43. The second kappa shape index (κ2) is 8.89. The molecule has 0 amide bonds. The maximum Gasteiger partial charge on any atom is 0.160 e. The molecule has 0 aliphatic heterocycles. The van der Waals surface area contributed by atoms with Gasteiger partial charge in [-0.3, -0.25) is 0 Å². The minimum Gasteiger partial charge on any atom is -0.493 e. The van der Waals surface area contributed by atoms with Crippen LogP contribution in [0.4, 0.5) is 4.39 Å². The molecule has 1 heterocycles. The predicted molar refractivity (Wildman–Crippen MR) is 108 cm³/mol. The SMILES string of the molecule is COc1ccc(CCNCc2c(C)nn(-c3ccc(F)cc3)c2C)cc1OC. The van der Waals surface area contributed by atoms with Gasteiger partial charge >= 0.3 is 0 Å². The number of nitrogens with one attached hydrogen (secondary N) is 1. The Bertz CT molecular complexity index is 936. The van der Waals surface area contributed by atoms with Crippen LogP contribution in [0, 0.1) is 19.7 Å². The predicted octanol–water partition coefficient (Wildman–Crippen LogP) is 3.98. The molecule has 0 saturated carbocycles. The van der Waals surface area contributed by atoms with E-state index in [1.165, 1.54) is 17.7 Å². The van der Waals surface area contributed by atoms with Crippen LogP contribution < -0.4 is 14.8 Å². The molecule has 0 atom stereocenters. The smallest absolute Gasteiger partial charge is 0.160 e. The van der Waals surface area contributed by atoms with Crippen LogP contribution in [0.25, 0.3) is 5.69 Å². The Morgan fingerprint density at radius 1 is 1.00 bits per heavy atom. The average Bonchev–Trinajstić information content (AvgIpc) is 2.99. The molecule has 0 unspecified atom stereocenters. The normalized spacial score (nSPS) is 10.9. The number of ether oxygens (including phenoxy) is 2. The highest BCUT2D eigenvalue weighted by atomic mass is 19.1. The molecule has 28 heavy (non-hydrogen) atoms. The van der Waals surface area contributed by atoms with Gasteiger partial charge in [-0.2, -0.15) is 5.10 Å². The van der Waals surface area contributed by atoms with E-state index in [-0.39, 0.29) is 5.82 Å². The van der Waals surface area contributed by atoms with E-state index in [0.29, 0.717) is 0 Å². The van der Waals surface area contributed by atoms with Crippen LogP contribution in [0.1, 0.15) is 22.5 Å². The summed E-state index contributed by atoms with van der Waals surface area (Å²) in [4.78, 5) is 0. The summed E-state index contributed by atoms with van der Waals surface area (Å²) in [5.41, 5.74) is 5.24. The summed E-state index contributed by atoms with van der Waals surface area (Å²) in [6.45, 7) is 5.59. The largest absolute Gasteiger partial charge is 0.493 e. The van der Waals surface area contributed by atoms with Gasteiger partial charge in [-0.05, 0) is 68.8 Å². The zero-order valence-corrected chi connectivity index (χ0v) is 16.8. The fraction of sp³-hybridized carbons (Fsp3) is 0.318. The lowest BCUT2D eigenvalue weighted by Gasteiger charge is -2.10. The van der Waals surface area contributed by atoms with Gasteiger partial charge in [0, 0.05) is 17.8 Å². The zero-order valence-electron chi connectivity index (χ0n) is 16.8. The van der Waals surface area contributed by atoms with Gasteiger partial charge in [0.1, 0.15) is 5.82 Å². The lowest BCUT2D eigenvalue weighted by molar-refractivity contribution is 0.354. The van der Waals surface area contributed by atoms with Crippen LogP contribution in [-0.4, -0.2) is 30.5 Å². The van der Waals surface area contributed by atoms with Gasteiger partial charge in [-0.25, -0.2) is 9.07 Å². The summed E-state index contributed by atoms with van der Waals surface area (Å²) in [5.74, 6) is 1.23. The van der Waals surface area contributed by atoms with Gasteiger partial charge < -0.3 is 14.8 Å². The minimum atomic E-state index is -0.248. The molecule has 0 aliphatic rings. The van der Waals surface area contributed by atoms with E-state index in [0.717, 1.165) is 53.6 Å². The zero-order chi connectivity index (χ0) is 20.1. The average molecular weight is 383 g/mol. The van der Waals surface area contributed by atoms with E-state index >= 15 is 0 Å². The lowest BCUT2D eigenvalue weighted by atomic mass is 10.1. The third-order valence-corrected chi connectivity index (χ3v) is 4.85. The lowest BCUT2D eigenvalue weighted by Crippen LogP contribution is -2.17. The van der Waals surface area contributed by atoms with E-state index in [9.17, 15) is 4.39 Å². The standard InChI is InChI=1S/C22H26FN3O2/c1-15-20(16(2)26(25-15)19-8-6-18(23)7-9-19)14-24-12-11-17-5-10-21(27-3)22(13-17)28-4/h5-10,13,24H,11-12,14H2,1-4H3. The maximum absolute atomic E-state index is 13.2. The van der Waals surface area contributed by atoms with Gasteiger partial charge in [-0.1, -0.05) is 6.07 Å². The van der Waals surface area contributed by atoms with Crippen molar-refractivity contribution in [2.24, 2.45) is 0 Å². The monoisotopic (exact) mass is 383 g/mol. The van der Waals surface area contributed by atoms with Crippen molar-refractivity contribution in [2.75, 3.05) is 20.8 Å². The first kappa shape index (κ1) is 19.9. The molecule has 5 nitrogen and oxygen atoms in total. The number of halogens is 1. The van der Waals surface area contributed by atoms with Crippen molar-refractivity contribution in [3.63, 3.8) is 0 Å². The third-order valence-electron chi connectivity index (χ3n) is 4.85. The molecule has 0 radical (unpaired) electrons. The summed E-state index contributed by atoms with van der Waals surface area (Å²) in [7, 11) is 3.28. The molecule has 3 rings (SSSR count). The Labute approximate surface area is 165 Å². The molecule has 0 bridgehead atoms. The van der Waals surface area contributed by atoms with Crippen molar-refractivity contribution < 1.29 is 13.9 Å². The number of methoxy groups -OCH3 is 2. The molecule has 0 spiro atoms. The van der Waals surface area contributed by atoms with Crippen LogP contribution in [0.15, 0.2) is 42.5 Å². The molecule has 0 saturated heterocycles. The summed E-state index contributed by atoms with van der Waals surface area (Å²) in [6, 6.07) is 12.4. The van der Waals surface area contributed by atoms with Gasteiger partial charge in [-0.15, -0.1) is 0 Å². The number of hydrogen-bond acceptors (Lipinski definition) is 4. The second-order valence-corrected chi connectivity index (χ2v) is 6.65. The summed E-state index contributed by atoms with van der Waals surface area (Å²) in [5, 5.41) is 8.10. The number of benzene rings is 2. The molecule has 3 aromatic rings. The Hall–Kier alpha value is -2.86. The van der Waals surface area contributed by atoms with Gasteiger partial charge in [0.15, 0.2) is 11.5 Å². The van der Waals surface area contributed by atoms with E-state index < -0.39 is 0 Å². The van der Waals surface area contributed by atoms with Crippen LogP contribution in [0.5, 0.6) is 11.5 Å². The van der Waals surface area contributed by atoms with Gasteiger partial charge in [0.2, 0.25) is 0 Å². The Morgan fingerprint density at radius 3 is 2.39 bits per heavy atom. The molecule has 148 valence electrons. The first-order valence-corrected chi connectivity index (χ1v) is 9.26. The number of aromatic nitrogens is 2. The van der Waals surface area contributed by atoms with Crippen LogP contribution in [0.2, 0.25) is 0 Å². The summed E-state index contributed by atoms with van der Waals surface area (Å²) in [6.07, 6.45) is 0.880. The molecule has 6 heteroatoms. The van der Waals surface area contributed by atoms with Crippen molar-refractivity contribution >= 4 is 0 Å². The molecular weight excluding hydrogens is 357 g/mol. The summed E-state index contributed by atoms with van der Waals surface area (Å²) < 4.78 is 25.7. The number of rotatable bonds is 8. The van der Waals surface area contributed by atoms with Gasteiger partial charge in [0.25, 0.3) is 0 Å². The van der Waals surface area contributed by atoms with Crippen molar-refractivity contribution in [3.05, 3.63) is 70.8 Å². The number of nitrogens with zero attached hydrogens (tertiary/aromatic N) is 2. The maximum atomic E-state index is 13.2. The molecule has 0 aliphatic carbocycles. The molecule has 2 aromatic carbocycles.